The number of aromatic nitrogens is 2. The molecule has 1 atom stereocenters. The molecule has 0 amide bonds. The van der Waals surface area contributed by atoms with Crippen molar-refractivity contribution in [2.24, 2.45) is 5.84 Å². The number of nitrogens with zero attached hydrogens (tertiary/aromatic N) is 2. The van der Waals surface area contributed by atoms with E-state index in [2.05, 4.69) is 42.6 Å². The van der Waals surface area contributed by atoms with Crippen LogP contribution in [-0.2, 0) is 19.4 Å². The predicted molar refractivity (Wildman–Crippen MR) is 87.2 cm³/mol. The first kappa shape index (κ1) is 16.0. The minimum atomic E-state index is -0.00189. The number of benzene rings is 1. The quantitative estimate of drug-likeness (QED) is 0.636. The van der Waals surface area contributed by atoms with Crippen molar-refractivity contribution < 1.29 is 0 Å². The Hall–Kier alpha value is -1.36. The highest BCUT2D eigenvalue weighted by molar-refractivity contribution is 6.31. The Morgan fingerprint density at radius 1 is 1.33 bits per heavy atom. The van der Waals surface area contributed by atoms with Gasteiger partial charge in [-0.25, -0.2) is 0 Å². The number of halogens is 1. The van der Waals surface area contributed by atoms with Crippen molar-refractivity contribution in [1.82, 2.24) is 15.2 Å². The molecule has 0 bridgehead atoms. The Balaban J connectivity index is 2.29. The highest BCUT2D eigenvalue weighted by atomic mass is 35.5. The maximum Gasteiger partial charge on any atom is 0.0669 e. The van der Waals surface area contributed by atoms with E-state index in [1.807, 2.05) is 17.7 Å². The third-order valence-corrected chi connectivity index (χ3v) is 4.07. The lowest BCUT2D eigenvalue weighted by Gasteiger charge is -2.18. The van der Waals surface area contributed by atoms with Gasteiger partial charge >= 0.3 is 0 Å². The maximum atomic E-state index is 6.33. The molecule has 0 saturated carbocycles. The largest absolute Gasteiger partial charge is 0.271 e. The molecule has 1 aromatic heterocycles. The van der Waals surface area contributed by atoms with Gasteiger partial charge in [0.05, 0.1) is 17.4 Å². The Bertz CT molecular complexity index is 606. The molecule has 4 nitrogen and oxygen atoms in total. The molecule has 0 aliphatic rings. The zero-order valence-corrected chi connectivity index (χ0v) is 13.6. The van der Waals surface area contributed by atoms with Crippen molar-refractivity contribution in [3.8, 4) is 0 Å². The van der Waals surface area contributed by atoms with E-state index in [0.29, 0.717) is 0 Å². The van der Waals surface area contributed by atoms with Gasteiger partial charge in [0.25, 0.3) is 0 Å². The minimum Gasteiger partial charge on any atom is -0.271 e. The van der Waals surface area contributed by atoms with Crippen LogP contribution in [0.1, 0.15) is 42.4 Å². The predicted octanol–water partition coefficient (Wildman–Crippen LogP) is 3.17. The van der Waals surface area contributed by atoms with Crippen molar-refractivity contribution in [2.45, 2.75) is 46.2 Å². The van der Waals surface area contributed by atoms with Crippen molar-refractivity contribution in [3.63, 3.8) is 0 Å². The van der Waals surface area contributed by atoms with Crippen molar-refractivity contribution in [1.29, 1.82) is 0 Å². The van der Waals surface area contributed by atoms with Crippen LogP contribution in [0, 0.1) is 6.92 Å². The first-order valence-corrected chi connectivity index (χ1v) is 7.74. The molecule has 1 aromatic carbocycles. The summed E-state index contributed by atoms with van der Waals surface area (Å²) < 4.78 is 2.01. The van der Waals surface area contributed by atoms with E-state index in [0.717, 1.165) is 46.9 Å². The van der Waals surface area contributed by atoms with Crippen molar-refractivity contribution >= 4 is 11.6 Å². The van der Waals surface area contributed by atoms with E-state index in [9.17, 15) is 0 Å². The Labute approximate surface area is 131 Å². The first-order valence-electron chi connectivity index (χ1n) is 7.36. The number of hydrogen-bond acceptors (Lipinski definition) is 3. The summed E-state index contributed by atoms with van der Waals surface area (Å²) in [5.74, 6) is 5.77. The Morgan fingerprint density at radius 2 is 2.10 bits per heavy atom. The van der Waals surface area contributed by atoms with Gasteiger partial charge in [-0.2, -0.15) is 5.10 Å². The second-order valence-corrected chi connectivity index (χ2v) is 5.66. The molecule has 3 N–H and O–H groups in total. The molecule has 0 spiro atoms. The molecule has 0 aliphatic heterocycles. The van der Waals surface area contributed by atoms with Gasteiger partial charge in [-0.3, -0.25) is 16.0 Å². The molecular weight excluding hydrogens is 284 g/mol. The van der Waals surface area contributed by atoms with Gasteiger partial charge in [-0.15, -0.1) is 0 Å². The molecule has 0 saturated heterocycles. The molecule has 0 fully saturated rings. The molecule has 1 heterocycles. The molecule has 0 radical (unpaired) electrons. The Kier molecular flexibility index (Phi) is 5.39. The third-order valence-electron chi connectivity index (χ3n) is 3.71. The zero-order valence-electron chi connectivity index (χ0n) is 12.9. The molecule has 1 unspecified atom stereocenters. The van der Waals surface area contributed by atoms with Crippen LogP contribution >= 0.6 is 11.6 Å². The minimum absolute atomic E-state index is 0.00189. The third kappa shape index (κ3) is 3.64. The molecule has 2 rings (SSSR count). The first-order chi connectivity index (χ1) is 10.1. The average Bonchev–Trinajstić information content (AvgIpc) is 2.90. The summed E-state index contributed by atoms with van der Waals surface area (Å²) in [6, 6.07) is 8.24. The lowest BCUT2D eigenvalue weighted by molar-refractivity contribution is 0.490. The summed E-state index contributed by atoms with van der Waals surface area (Å²) in [5, 5.41) is 5.37. The van der Waals surface area contributed by atoms with E-state index >= 15 is 0 Å². The SMILES string of the molecule is CCc1cc(C(Cc2ccc(C)cc2Cl)NN)n(CC)n1. The van der Waals surface area contributed by atoms with E-state index in [4.69, 9.17) is 17.4 Å². The van der Waals surface area contributed by atoms with Crippen LogP contribution in [-0.4, -0.2) is 9.78 Å². The summed E-state index contributed by atoms with van der Waals surface area (Å²) in [7, 11) is 0. The smallest absolute Gasteiger partial charge is 0.0669 e. The van der Waals surface area contributed by atoms with Crippen LogP contribution in [0.3, 0.4) is 0 Å². The lowest BCUT2D eigenvalue weighted by atomic mass is 10.0. The second-order valence-electron chi connectivity index (χ2n) is 5.25. The summed E-state index contributed by atoms with van der Waals surface area (Å²) in [5.41, 5.74) is 7.34. The van der Waals surface area contributed by atoms with Gasteiger partial charge < -0.3 is 0 Å². The zero-order chi connectivity index (χ0) is 15.4. The summed E-state index contributed by atoms with van der Waals surface area (Å²) in [4.78, 5) is 0. The van der Waals surface area contributed by atoms with Gasteiger partial charge in [0, 0.05) is 11.6 Å². The number of nitrogens with two attached hydrogens (primary N) is 1. The lowest BCUT2D eigenvalue weighted by Crippen LogP contribution is -2.31. The van der Waals surface area contributed by atoms with Gasteiger partial charge in [0.1, 0.15) is 0 Å². The van der Waals surface area contributed by atoms with Crippen LogP contribution in [0.15, 0.2) is 24.3 Å². The summed E-state index contributed by atoms with van der Waals surface area (Å²) >= 11 is 6.33. The van der Waals surface area contributed by atoms with Crippen LogP contribution in [0.4, 0.5) is 0 Å². The van der Waals surface area contributed by atoms with Gasteiger partial charge in [0.15, 0.2) is 0 Å². The molecule has 114 valence electrons. The van der Waals surface area contributed by atoms with Crippen LogP contribution in [0.5, 0.6) is 0 Å². The van der Waals surface area contributed by atoms with Gasteiger partial charge in [-0.1, -0.05) is 30.7 Å². The topological polar surface area (TPSA) is 55.9 Å². The highest BCUT2D eigenvalue weighted by Gasteiger charge is 2.18. The normalized spacial score (nSPS) is 12.6. The molecule has 5 heteroatoms. The standard InChI is InChI=1S/C16H23ClN4/c1-4-13-10-16(21(5-2)20-13)15(19-18)9-12-7-6-11(3)8-14(12)17/h6-8,10,15,19H,4-5,9,18H2,1-3H3. The molecule has 0 aliphatic carbocycles. The van der Waals surface area contributed by atoms with Crippen LogP contribution in [0.25, 0.3) is 0 Å². The Morgan fingerprint density at radius 3 is 2.67 bits per heavy atom. The monoisotopic (exact) mass is 306 g/mol. The van der Waals surface area contributed by atoms with E-state index in [1.165, 1.54) is 0 Å². The van der Waals surface area contributed by atoms with Crippen LogP contribution in [0.2, 0.25) is 5.02 Å². The number of nitrogens with one attached hydrogen (secondary N) is 1. The van der Waals surface area contributed by atoms with Crippen LogP contribution < -0.4 is 11.3 Å². The van der Waals surface area contributed by atoms with Gasteiger partial charge in [0.2, 0.25) is 0 Å². The fraction of sp³-hybridized carbons (Fsp3) is 0.438. The second kappa shape index (κ2) is 7.07. The van der Waals surface area contributed by atoms with Gasteiger partial charge in [-0.05, 0) is 49.9 Å². The number of aryl methyl sites for hydroxylation is 3. The summed E-state index contributed by atoms with van der Waals surface area (Å²) in [6.45, 7) is 7.05. The highest BCUT2D eigenvalue weighted by Crippen LogP contribution is 2.25. The fourth-order valence-corrected chi connectivity index (χ4v) is 2.79. The van der Waals surface area contributed by atoms with E-state index in [-0.39, 0.29) is 6.04 Å². The average molecular weight is 307 g/mol. The van der Waals surface area contributed by atoms with Crippen molar-refractivity contribution in [3.05, 3.63) is 51.8 Å². The van der Waals surface area contributed by atoms with E-state index < -0.39 is 0 Å². The number of rotatable bonds is 6. The molecular formula is C16H23ClN4. The fourth-order valence-electron chi connectivity index (χ4n) is 2.48. The van der Waals surface area contributed by atoms with Crippen molar-refractivity contribution in [2.75, 3.05) is 0 Å². The number of hydrazine groups is 1. The number of hydrogen-bond donors (Lipinski definition) is 2. The van der Waals surface area contributed by atoms with E-state index in [1.54, 1.807) is 0 Å². The molecule has 21 heavy (non-hydrogen) atoms. The summed E-state index contributed by atoms with van der Waals surface area (Å²) in [6.07, 6.45) is 1.66. The maximum absolute atomic E-state index is 6.33. The molecule has 2 aromatic rings.